The predicted octanol–water partition coefficient (Wildman–Crippen LogP) is 0.993. The van der Waals surface area contributed by atoms with Crippen LogP contribution in [0.25, 0.3) is 0 Å². The molecule has 0 aromatic carbocycles. The molecule has 3 nitrogen and oxygen atoms in total. The molecule has 0 spiro atoms. The van der Waals surface area contributed by atoms with Gasteiger partial charge in [-0.15, -0.1) is 0 Å². The van der Waals surface area contributed by atoms with E-state index in [9.17, 15) is 0 Å². The number of aryl methyl sites for hydroxylation is 1. The van der Waals surface area contributed by atoms with E-state index in [-0.39, 0.29) is 0 Å². The van der Waals surface area contributed by atoms with Crippen molar-refractivity contribution in [2.45, 2.75) is 26.3 Å². The lowest BCUT2D eigenvalue weighted by atomic mass is 10.3. The quantitative estimate of drug-likeness (QED) is 0.553. The molecule has 0 fully saturated rings. The molecule has 0 saturated heterocycles. The van der Waals surface area contributed by atoms with Crippen LogP contribution in [-0.2, 0) is 6.54 Å². The van der Waals surface area contributed by atoms with Crippen molar-refractivity contribution in [1.82, 2.24) is 9.78 Å². The highest BCUT2D eigenvalue weighted by Crippen LogP contribution is 1.95. The molecule has 0 bridgehead atoms. The number of hydrogen-bond donors (Lipinski definition) is 1. The van der Waals surface area contributed by atoms with Crippen LogP contribution < -0.4 is 5.73 Å². The van der Waals surface area contributed by atoms with E-state index in [0.29, 0.717) is 6.54 Å². The van der Waals surface area contributed by atoms with Crippen molar-refractivity contribution in [3.8, 4) is 11.8 Å². The van der Waals surface area contributed by atoms with Crippen LogP contribution in [-0.4, -0.2) is 16.3 Å². The van der Waals surface area contributed by atoms with E-state index in [1.165, 1.54) is 0 Å². The second-order valence-corrected chi connectivity index (χ2v) is 2.78. The Labute approximate surface area is 78.9 Å². The van der Waals surface area contributed by atoms with Crippen LogP contribution in [0.4, 0.5) is 0 Å². The van der Waals surface area contributed by atoms with Gasteiger partial charge in [-0.25, -0.2) is 0 Å². The molecule has 0 aliphatic rings. The summed E-state index contributed by atoms with van der Waals surface area (Å²) in [5, 5.41) is 4.12. The Hall–Kier alpha value is -1.27. The second kappa shape index (κ2) is 5.39. The average molecular weight is 177 g/mol. The summed E-state index contributed by atoms with van der Waals surface area (Å²) < 4.78 is 1.87. The van der Waals surface area contributed by atoms with Crippen LogP contribution in [0.1, 0.15) is 25.3 Å². The van der Waals surface area contributed by atoms with Gasteiger partial charge in [-0.3, -0.25) is 4.68 Å². The average Bonchev–Trinajstić information content (AvgIpc) is 2.60. The third-order valence-corrected chi connectivity index (χ3v) is 1.70. The van der Waals surface area contributed by atoms with Gasteiger partial charge in [0.25, 0.3) is 0 Å². The summed E-state index contributed by atoms with van der Waals surface area (Å²) in [4.78, 5) is 0. The molecule has 0 unspecified atom stereocenters. The first kappa shape index (κ1) is 9.82. The smallest absolute Gasteiger partial charge is 0.0646 e. The first-order chi connectivity index (χ1) is 6.36. The van der Waals surface area contributed by atoms with Crippen molar-refractivity contribution in [2.24, 2.45) is 5.73 Å². The SMILES string of the molecule is CCn1cc(C#CCCCN)cn1. The molecular formula is C10H15N3. The van der Waals surface area contributed by atoms with Gasteiger partial charge in [0, 0.05) is 19.2 Å². The molecule has 70 valence electrons. The number of hydrogen-bond acceptors (Lipinski definition) is 2. The van der Waals surface area contributed by atoms with Gasteiger partial charge in [0.1, 0.15) is 0 Å². The van der Waals surface area contributed by atoms with Gasteiger partial charge in [-0.2, -0.15) is 5.10 Å². The summed E-state index contributed by atoms with van der Waals surface area (Å²) in [5.74, 6) is 6.10. The summed E-state index contributed by atoms with van der Waals surface area (Å²) in [6.45, 7) is 3.66. The number of nitrogens with zero attached hydrogens (tertiary/aromatic N) is 2. The molecule has 0 aliphatic carbocycles. The van der Waals surface area contributed by atoms with Gasteiger partial charge < -0.3 is 5.73 Å². The molecule has 0 atom stereocenters. The van der Waals surface area contributed by atoms with Gasteiger partial charge in [0.05, 0.1) is 11.8 Å². The molecule has 0 radical (unpaired) electrons. The summed E-state index contributed by atoms with van der Waals surface area (Å²) >= 11 is 0. The van der Waals surface area contributed by atoms with Crippen LogP contribution in [0.3, 0.4) is 0 Å². The topological polar surface area (TPSA) is 43.8 Å². The minimum absolute atomic E-state index is 0.711. The fraction of sp³-hybridized carbons (Fsp3) is 0.500. The molecule has 1 aromatic heterocycles. The van der Waals surface area contributed by atoms with Gasteiger partial charge in [-0.1, -0.05) is 11.8 Å². The van der Waals surface area contributed by atoms with E-state index in [0.717, 1.165) is 24.9 Å². The number of nitrogens with two attached hydrogens (primary N) is 1. The number of rotatable bonds is 3. The fourth-order valence-corrected chi connectivity index (χ4v) is 0.956. The zero-order valence-electron chi connectivity index (χ0n) is 7.95. The molecule has 0 amide bonds. The van der Waals surface area contributed by atoms with Crippen molar-refractivity contribution in [3.05, 3.63) is 18.0 Å². The molecule has 0 saturated carbocycles. The van der Waals surface area contributed by atoms with Crippen molar-refractivity contribution in [3.63, 3.8) is 0 Å². The van der Waals surface area contributed by atoms with Crippen molar-refractivity contribution in [2.75, 3.05) is 6.54 Å². The Morgan fingerprint density at radius 3 is 3.08 bits per heavy atom. The first-order valence-corrected chi connectivity index (χ1v) is 4.58. The molecule has 0 aliphatic heterocycles. The largest absolute Gasteiger partial charge is 0.330 e. The van der Waals surface area contributed by atoms with Crippen LogP contribution in [0.2, 0.25) is 0 Å². The third-order valence-electron chi connectivity index (χ3n) is 1.70. The maximum atomic E-state index is 5.35. The normalized spacial score (nSPS) is 9.38. The monoisotopic (exact) mass is 177 g/mol. The molecule has 13 heavy (non-hydrogen) atoms. The summed E-state index contributed by atoms with van der Waals surface area (Å²) in [7, 11) is 0. The van der Waals surface area contributed by atoms with Gasteiger partial charge in [-0.05, 0) is 19.9 Å². The maximum Gasteiger partial charge on any atom is 0.0646 e. The van der Waals surface area contributed by atoms with Gasteiger partial charge in [0.2, 0.25) is 0 Å². The summed E-state index contributed by atoms with van der Waals surface area (Å²) in [6.07, 6.45) is 5.58. The number of unbranched alkanes of at least 4 members (excludes halogenated alkanes) is 1. The molecule has 1 rings (SSSR count). The van der Waals surface area contributed by atoms with Crippen molar-refractivity contribution in [1.29, 1.82) is 0 Å². The lowest BCUT2D eigenvalue weighted by Crippen LogP contribution is -1.96. The Bertz CT molecular complexity index is 303. The minimum atomic E-state index is 0.711. The molecular weight excluding hydrogens is 162 g/mol. The van der Waals surface area contributed by atoms with Gasteiger partial charge >= 0.3 is 0 Å². The zero-order valence-corrected chi connectivity index (χ0v) is 7.95. The van der Waals surface area contributed by atoms with Crippen LogP contribution >= 0.6 is 0 Å². The highest BCUT2D eigenvalue weighted by Gasteiger charge is 1.90. The second-order valence-electron chi connectivity index (χ2n) is 2.78. The summed E-state index contributed by atoms with van der Waals surface area (Å²) in [6, 6.07) is 0. The highest BCUT2D eigenvalue weighted by molar-refractivity contribution is 5.29. The van der Waals surface area contributed by atoms with E-state index in [1.807, 2.05) is 10.9 Å². The van der Waals surface area contributed by atoms with Crippen LogP contribution in [0.5, 0.6) is 0 Å². The highest BCUT2D eigenvalue weighted by atomic mass is 15.3. The van der Waals surface area contributed by atoms with Crippen LogP contribution in [0, 0.1) is 11.8 Å². The van der Waals surface area contributed by atoms with E-state index < -0.39 is 0 Å². The Morgan fingerprint density at radius 1 is 1.62 bits per heavy atom. The first-order valence-electron chi connectivity index (χ1n) is 4.58. The Kier molecular flexibility index (Phi) is 4.07. The minimum Gasteiger partial charge on any atom is -0.330 e. The van der Waals surface area contributed by atoms with Crippen molar-refractivity contribution >= 4 is 0 Å². The Morgan fingerprint density at radius 2 is 2.46 bits per heavy atom. The molecule has 1 heterocycles. The molecule has 1 aromatic rings. The lowest BCUT2D eigenvalue weighted by molar-refractivity contribution is 0.660. The van der Waals surface area contributed by atoms with E-state index in [2.05, 4.69) is 23.9 Å². The standard InChI is InChI=1S/C10H15N3/c1-2-13-9-10(8-12-13)6-4-3-5-7-11/h8-9H,2-3,5,7,11H2,1H3. The number of aromatic nitrogens is 2. The molecule has 2 N–H and O–H groups in total. The zero-order chi connectivity index (χ0) is 9.52. The predicted molar refractivity (Wildman–Crippen MR) is 53.1 cm³/mol. The molecule has 3 heteroatoms. The maximum absolute atomic E-state index is 5.35. The lowest BCUT2D eigenvalue weighted by Gasteiger charge is -1.88. The van der Waals surface area contributed by atoms with E-state index >= 15 is 0 Å². The fourth-order valence-electron chi connectivity index (χ4n) is 0.956. The van der Waals surface area contributed by atoms with Crippen LogP contribution in [0.15, 0.2) is 12.4 Å². The summed E-state index contributed by atoms with van der Waals surface area (Å²) in [5.41, 5.74) is 6.33. The Balaban J connectivity index is 2.46. The van der Waals surface area contributed by atoms with E-state index in [4.69, 9.17) is 5.73 Å². The third kappa shape index (κ3) is 3.30. The van der Waals surface area contributed by atoms with E-state index in [1.54, 1.807) is 6.20 Å². The van der Waals surface area contributed by atoms with Crippen molar-refractivity contribution < 1.29 is 0 Å². The van der Waals surface area contributed by atoms with Gasteiger partial charge in [0.15, 0.2) is 0 Å².